The molecule has 0 atom stereocenters. The maximum atomic E-state index is 12.2. The number of hydrogen-bond acceptors (Lipinski definition) is 5. The van der Waals surface area contributed by atoms with E-state index in [1.807, 2.05) is 0 Å². The van der Waals surface area contributed by atoms with Crippen molar-refractivity contribution in [2.24, 2.45) is 0 Å². The second-order valence-corrected chi connectivity index (χ2v) is 4.83. The second-order valence-electron chi connectivity index (χ2n) is 4.44. The predicted molar refractivity (Wildman–Crippen MR) is 82.3 cm³/mol. The predicted octanol–water partition coefficient (Wildman–Crippen LogP) is 3.01. The highest BCUT2D eigenvalue weighted by Gasteiger charge is 2.16. The van der Waals surface area contributed by atoms with Crippen molar-refractivity contribution >= 4 is 34.8 Å². The van der Waals surface area contributed by atoms with Gasteiger partial charge in [-0.25, -0.2) is 14.8 Å². The van der Waals surface area contributed by atoms with Gasteiger partial charge in [0.25, 0.3) is 5.69 Å². The number of nitrogens with zero attached hydrogens (tertiary/aromatic N) is 4. The zero-order valence-corrected chi connectivity index (χ0v) is 12.5. The standard InChI is InChI=1S/C13H12ClN5O3/c1-8-3-4-9(19(21)22)5-10(8)17-13(20)18(2)12-6-11(14)15-7-16-12/h3-7H,1-2H3,(H,17,20). The number of carbonyl (C=O) groups is 1. The van der Waals surface area contributed by atoms with E-state index in [-0.39, 0.29) is 10.8 Å². The average molecular weight is 322 g/mol. The number of nitrogens with one attached hydrogen (secondary N) is 1. The van der Waals surface area contributed by atoms with Gasteiger partial charge in [0.05, 0.1) is 10.6 Å². The van der Waals surface area contributed by atoms with Crippen LogP contribution in [0.2, 0.25) is 5.15 Å². The Morgan fingerprint density at radius 3 is 2.73 bits per heavy atom. The van der Waals surface area contributed by atoms with E-state index in [2.05, 4.69) is 15.3 Å². The number of carbonyl (C=O) groups excluding carboxylic acids is 1. The smallest absolute Gasteiger partial charge is 0.307 e. The number of anilines is 2. The number of aryl methyl sites for hydroxylation is 1. The number of nitro groups is 1. The van der Waals surface area contributed by atoms with Gasteiger partial charge >= 0.3 is 6.03 Å². The monoisotopic (exact) mass is 321 g/mol. The summed E-state index contributed by atoms with van der Waals surface area (Å²) in [6.45, 7) is 1.74. The lowest BCUT2D eigenvalue weighted by molar-refractivity contribution is -0.384. The van der Waals surface area contributed by atoms with Crippen LogP contribution in [-0.2, 0) is 0 Å². The first kappa shape index (κ1) is 15.6. The van der Waals surface area contributed by atoms with Crippen molar-refractivity contribution in [2.45, 2.75) is 6.92 Å². The number of non-ortho nitro benzene ring substituents is 1. The summed E-state index contributed by atoms with van der Waals surface area (Å²) in [6.07, 6.45) is 1.24. The topological polar surface area (TPSA) is 101 Å². The minimum Gasteiger partial charge on any atom is -0.307 e. The number of hydrogen-bond donors (Lipinski definition) is 1. The molecule has 1 N–H and O–H groups in total. The largest absolute Gasteiger partial charge is 0.327 e. The third-order valence-corrected chi connectivity index (χ3v) is 3.15. The maximum Gasteiger partial charge on any atom is 0.327 e. The van der Waals surface area contributed by atoms with E-state index in [0.717, 1.165) is 0 Å². The molecule has 0 bridgehead atoms. The van der Waals surface area contributed by atoms with Crippen molar-refractivity contribution < 1.29 is 9.72 Å². The van der Waals surface area contributed by atoms with Crippen LogP contribution in [0.3, 0.4) is 0 Å². The molecule has 1 aromatic heterocycles. The van der Waals surface area contributed by atoms with Crippen LogP contribution in [0.25, 0.3) is 0 Å². The van der Waals surface area contributed by atoms with Crippen molar-refractivity contribution in [3.05, 3.63) is 51.4 Å². The van der Waals surface area contributed by atoms with E-state index in [4.69, 9.17) is 11.6 Å². The number of aromatic nitrogens is 2. The normalized spacial score (nSPS) is 10.1. The summed E-state index contributed by atoms with van der Waals surface area (Å²) in [5.41, 5.74) is 0.952. The number of urea groups is 1. The molecule has 2 aromatic rings. The molecule has 8 nitrogen and oxygen atoms in total. The summed E-state index contributed by atoms with van der Waals surface area (Å²) >= 11 is 5.75. The summed E-state index contributed by atoms with van der Waals surface area (Å²) in [6, 6.07) is 5.17. The molecule has 0 spiro atoms. The molecule has 0 saturated heterocycles. The Bertz CT molecular complexity index is 737. The van der Waals surface area contributed by atoms with Gasteiger partial charge in [0.1, 0.15) is 17.3 Å². The van der Waals surface area contributed by atoms with Gasteiger partial charge in [0.2, 0.25) is 0 Å². The molecule has 0 aliphatic carbocycles. The minimum atomic E-state index is -0.525. The fourth-order valence-corrected chi connectivity index (χ4v) is 1.81. The maximum absolute atomic E-state index is 12.2. The van der Waals surface area contributed by atoms with Gasteiger partial charge in [-0.15, -0.1) is 0 Å². The van der Waals surface area contributed by atoms with E-state index in [0.29, 0.717) is 17.1 Å². The number of nitro benzene ring substituents is 1. The molecule has 2 amide bonds. The highest BCUT2D eigenvalue weighted by atomic mass is 35.5. The zero-order chi connectivity index (χ0) is 16.3. The van der Waals surface area contributed by atoms with Gasteiger partial charge in [-0.05, 0) is 12.5 Å². The molecule has 0 radical (unpaired) electrons. The molecule has 22 heavy (non-hydrogen) atoms. The van der Waals surface area contributed by atoms with Gasteiger partial charge in [-0.2, -0.15) is 0 Å². The van der Waals surface area contributed by atoms with Crippen molar-refractivity contribution in [3.8, 4) is 0 Å². The minimum absolute atomic E-state index is 0.103. The summed E-state index contributed by atoms with van der Waals surface area (Å²) in [4.78, 5) is 31.4. The highest BCUT2D eigenvalue weighted by Crippen LogP contribution is 2.22. The first-order chi connectivity index (χ1) is 10.4. The summed E-state index contributed by atoms with van der Waals surface area (Å²) in [5, 5.41) is 13.6. The van der Waals surface area contributed by atoms with Crippen molar-refractivity contribution in [1.82, 2.24) is 9.97 Å². The van der Waals surface area contributed by atoms with Gasteiger partial charge < -0.3 is 5.32 Å². The molecule has 2 rings (SSSR count). The third-order valence-electron chi connectivity index (χ3n) is 2.94. The molecule has 0 saturated carbocycles. The first-order valence-electron chi connectivity index (χ1n) is 6.16. The number of halogens is 1. The molecule has 1 aromatic carbocycles. The second kappa shape index (κ2) is 6.35. The van der Waals surface area contributed by atoms with Gasteiger partial charge in [0, 0.05) is 25.2 Å². The fourth-order valence-electron chi connectivity index (χ4n) is 1.67. The third kappa shape index (κ3) is 3.47. The Morgan fingerprint density at radius 2 is 2.09 bits per heavy atom. The van der Waals surface area contributed by atoms with Gasteiger partial charge in [0.15, 0.2) is 0 Å². The average Bonchev–Trinajstić information content (AvgIpc) is 2.48. The Balaban J connectivity index is 2.21. The van der Waals surface area contributed by atoms with Crippen molar-refractivity contribution in [2.75, 3.05) is 17.3 Å². The van der Waals surface area contributed by atoms with Crippen LogP contribution in [-0.4, -0.2) is 28.0 Å². The zero-order valence-electron chi connectivity index (χ0n) is 11.8. The summed E-state index contributed by atoms with van der Waals surface area (Å²) in [7, 11) is 1.50. The van der Waals surface area contributed by atoms with Gasteiger partial charge in [-0.1, -0.05) is 17.7 Å². The van der Waals surface area contributed by atoms with Crippen molar-refractivity contribution in [1.29, 1.82) is 0 Å². The molecule has 0 aliphatic rings. The molecular formula is C13H12ClN5O3. The van der Waals surface area contributed by atoms with Crippen molar-refractivity contribution in [3.63, 3.8) is 0 Å². The lowest BCUT2D eigenvalue weighted by Crippen LogP contribution is -2.32. The van der Waals surface area contributed by atoms with E-state index < -0.39 is 11.0 Å². The molecule has 0 fully saturated rings. The lowest BCUT2D eigenvalue weighted by atomic mass is 10.2. The highest BCUT2D eigenvalue weighted by molar-refractivity contribution is 6.29. The number of rotatable bonds is 3. The SMILES string of the molecule is Cc1ccc([N+](=O)[O-])cc1NC(=O)N(C)c1cc(Cl)ncn1. The van der Waals surface area contributed by atoms with E-state index in [1.165, 1.54) is 36.5 Å². The van der Waals surface area contributed by atoms with E-state index in [9.17, 15) is 14.9 Å². The summed E-state index contributed by atoms with van der Waals surface area (Å²) in [5.74, 6) is 0.306. The van der Waals surface area contributed by atoms with Crippen LogP contribution in [0.1, 0.15) is 5.56 Å². The van der Waals surface area contributed by atoms with Crippen LogP contribution in [0.4, 0.5) is 22.0 Å². The van der Waals surface area contributed by atoms with Crippen LogP contribution >= 0.6 is 11.6 Å². The first-order valence-corrected chi connectivity index (χ1v) is 6.53. The fraction of sp³-hybridized carbons (Fsp3) is 0.154. The Hall–Kier alpha value is -2.74. The van der Waals surface area contributed by atoms with Crippen LogP contribution in [0.15, 0.2) is 30.6 Å². The molecule has 1 heterocycles. The number of benzene rings is 1. The van der Waals surface area contributed by atoms with E-state index in [1.54, 1.807) is 13.0 Å². The van der Waals surface area contributed by atoms with Crippen LogP contribution in [0.5, 0.6) is 0 Å². The molecule has 0 aliphatic heterocycles. The Labute approximate surface area is 130 Å². The van der Waals surface area contributed by atoms with Gasteiger partial charge in [-0.3, -0.25) is 15.0 Å². The number of amides is 2. The molecule has 114 valence electrons. The van der Waals surface area contributed by atoms with Crippen LogP contribution in [0, 0.1) is 17.0 Å². The lowest BCUT2D eigenvalue weighted by Gasteiger charge is -2.17. The molecular weight excluding hydrogens is 310 g/mol. The van der Waals surface area contributed by atoms with Crippen LogP contribution < -0.4 is 10.2 Å². The Kier molecular flexibility index (Phi) is 4.52. The molecule has 9 heteroatoms. The summed E-state index contributed by atoms with van der Waals surface area (Å²) < 4.78 is 0. The molecule has 0 unspecified atom stereocenters. The quantitative estimate of drug-likeness (QED) is 0.532. The van der Waals surface area contributed by atoms with E-state index >= 15 is 0 Å². The Morgan fingerprint density at radius 1 is 1.36 bits per heavy atom.